The minimum atomic E-state index is -4.43. The molecule has 2 nitrogen and oxygen atoms in total. The lowest BCUT2D eigenvalue weighted by Crippen LogP contribution is -2.05. The summed E-state index contributed by atoms with van der Waals surface area (Å²) < 4.78 is 44.4. The molecule has 0 amide bonds. The molecule has 0 fully saturated rings. The average molecular weight is 425 g/mol. The molecule has 0 spiro atoms. The Balaban J connectivity index is 1.69. The molecule has 0 bridgehead atoms. The van der Waals surface area contributed by atoms with Gasteiger partial charge in [-0.15, -0.1) is 11.8 Å². The van der Waals surface area contributed by atoms with Crippen LogP contribution in [0.3, 0.4) is 0 Å². The van der Waals surface area contributed by atoms with E-state index in [0.717, 1.165) is 33.6 Å². The van der Waals surface area contributed by atoms with E-state index >= 15 is 0 Å². The number of ether oxygens (including phenoxy) is 1. The summed E-state index contributed by atoms with van der Waals surface area (Å²) >= 11 is 1.73. The molecular weight excluding hydrogens is 407 g/mol. The van der Waals surface area contributed by atoms with Crippen LogP contribution in [0.4, 0.5) is 13.2 Å². The largest absolute Gasteiger partial charge is 0.496 e. The van der Waals surface area contributed by atoms with Crippen molar-refractivity contribution in [1.82, 2.24) is 4.98 Å². The van der Waals surface area contributed by atoms with Crippen LogP contribution in [0.5, 0.6) is 5.75 Å². The number of thioether (sulfide) groups is 1. The van der Waals surface area contributed by atoms with E-state index in [-0.39, 0.29) is 5.75 Å². The lowest BCUT2D eigenvalue weighted by Gasteiger charge is -2.14. The van der Waals surface area contributed by atoms with E-state index in [9.17, 15) is 13.2 Å². The number of alkyl halides is 3. The molecule has 6 heteroatoms. The maximum Gasteiger partial charge on any atom is 0.416 e. The molecule has 4 aromatic rings. The molecular formula is C24H18F3NOS. The zero-order valence-electron chi connectivity index (χ0n) is 16.1. The van der Waals surface area contributed by atoms with Gasteiger partial charge in [-0.2, -0.15) is 13.2 Å². The number of hydrogen-bond acceptors (Lipinski definition) is 3. The Bertz CT molecular complexity index is 1180. The SMILES string of the molecule is COc1cc(C(F)(F)F)ccc1-c1nccc2cc(SCc3ccccc3)ccc12. The van der Waals surface area contributed by atoms with Gasteiger partial charge in [0.25, 0.3) is 0 Å². The fraction of sp³-hybridized carbons (Fsp3) is 0.125. The predicted octanol–water partition coefficient (Wildman–Crippen LogP) is 7.22. The first-order chi connectivity index (χ1) is 14.5. The van der Waals surface area contributed by atoms with E-state index in [1.54, 1.807) is 18.0 Å². The van der Waals surface area contributed by atoms with Crippen molar-refractivity contribution >= 4 is 22.5 Å². The zero-order chi connectivity index (χ0) is 21.1. The normalized spacial score (nSPS) is 11.6. The van der Waals surface area contributed by atoms with Gasteiger partial charge in [0.1, 0.15) is 5.75 Å². The summed E-state index contributed by atoms with van der Waals surface area (Å²) in [7, 11) is 1.36. The quantitative estimate of drug-likeness (QED) is 0.315. The molecule has 0 aliphatic carbocycles. The maximum absolute atomic E-state index is 13.1. The molecule has 4 rings (SSSR count). The monoisotopic (exact) mass is 425 g/mol. The van der Waals surface area contributed by atoms with Gasteiger partial charge in [-0.05, 0) is 47.3 Å². The predicted molar refractivity (Wildman–Crippen MR) is 115 cm³/mol. The number of rotatable bonds is 5. The first kappa shape index (κ1) is 20.3. The molecule has 152 valence electrons. The van der Waals surface area contributed by atoms with Crippen molar-refractivity contribution in [3.8, 4) is 17.0 Å². The highest BCUT2D eigenvalue weighted by Crippen LogP contribution is 2.39. The van der Waals surface area contributed by atoms with Crippen LogP contribution in [0.15, 0.2) is 83.9 Å². The Morgan fingerprint density at radius 1 is 0.933 bits per heavy atom. The number of nitrogens with zero attached hydrogens (tertiary/aromatic N) is 1. The minimum Gasteiger partial charge on any atom is -0.496 e. The third-order valence-corrected chi connectivity index (χ3v) is 5.83. The van der Waals surface area contributed by atoms with E-state index in [1.165, 1.54) is 18.7 Å². The number of aromatic nitrogens is 1. The number of benzene rings is 3. The summed E-state index contributed by atoms with van der Waals surface area (Å²) in [5.41, 5.74) is 1.62. The van der Waals surface area contributed by atoms with Gasteiger partial charge in [0.05, 0.1) is 18.4 Å². The molecule has 1 heterocycles. The van der Waals surface area contributed by atoms with Crippen LogP contribution >= 0.6 is 11.8 Å². The number of halogens is 3. The summed E-state index contributed by atoms with van der Waals surface area (Å²) in [6.07, 6.45) is -2.76. The number of hydrogen-bond donors (Lipinski definition) is 0. The van der Waals surface area contributed by atoms with E-state index in [0.29, 0.717) is 11.3 Å². The molecule has 3 aromatic carbocycles. The van der Waals surface area contributed by atoms with Crippen molar-refractivity contribution in [2.75, 3.05) is 7.11 Å². The van der Waals surface area contributed by atoms with Crippen LogP contribution in [0.1, 0.15) is 11.1 Å². The first-order valence-corrected chi connectivity index (χ1v) is 10.3. The molecule has 0 saturated heterocycles. The summed E-state index contributed by atoms with van der Waals surface area (Å²) in [5, 5.41) is 1.83. The standard InChI is InChI=1S/C24H18F3NOS/c1-29-22-14-18(24(25,26)27)7-9-21(22)23-20-10-8-19(13-17(20)11-12-28-23)30-15-16-5-3-2-4-6-16/h2-14H,15H2,1H3. The van der Waals surface area contributed by atoms with Crippen LogP contribution in [0.2, 0.25) is 0 Å². The smallest absolute Gasteiger partial charge is 0.416 e. The van der Waals surface area contributed by atoms with Gasteiger partial charge in [-0.25, -0.2) is 0 Å². The van der Waals surface area contributed by atoms with Crippen molar-refractivity contribution in [1.29, 1.82) is 0 Å². The van der Waals surface area contributed by atoms with Crippen molar-refractivity contribution in [3.63, 3.8) is 0 Å². The van der Waals surface area contributed by atoms with Gasteiger partial charge in [-0.3, -0.25) is 4.98 Å². The number of fused-ring (bicyclic) bond motifs is 1. The third-order valence-electron chi connectivity index (χ3n) is 4.77. The van der Waals surface area contributed by atoms with Crippen molar-refractivity contribution in [2.24, 2.45) is 0 Å². The molecule has 0 aliphatic heterocycles. The van der Waals surface area contributed by atoms with Crippen LogP contribution in [0.25, 0.3) is 22.0 Å². The van der Waals surface area contributed by atoms with E-state index < -0.39 is 11.7 Å². The molecule has 0 unspecified atom stereocenters. The minimum absolute atomic E-state index is 0.146. The Labute approximate surface area is 176 Å². The van der Waals surface area contributed by atoms with Gasteiger partial charge in [0.15, 0.2) is 0 Å². The van der Waals surface area contributed by atoms with Crippen molar-refractivity contribution in [3.05, 3.63) is 90.1 Å². The first-order valence-electron chi connectivity index (χ1n) is 9.27. The highest BCUT2D eigenvalue weighted by atomic mass is 32.2. The van der Waals surface area contributed by atoms with Gasteiger partial charge >= 0.3 is 6.18 Å². The van der Waals surface area contributed by atoms with Gasteiger partial charge < -0.3 is 4.74 Å². The molecule has 30 heavy (non-hydrogen) atoms. The average Bonchev–Trinajstić information content (AvgIpc) is 2.76. The molecule has 0 aliphatic rings. The van der Waals surface area contributed by atoms with E-state index in [4.69, 9.17) is 4.74 Å². The van der Waals surface area contributed by atoms with Crippen LogP contribution < -0.4 is 4.74 Å². The highest BCUT2D eigenvalue weighted by Gasteiger charge is 2.31. The second-order valence-corrected chi connectivity index (χ2v) is 7.78. The lowest BCUT2D eigenvalue weighted by atomic mass is 10.0. The van der Waals surface area contributed by atoms with Crippen LogP contribution in [-0.2, 0) is 11.9 Å². The lowest BCUT2D eigenvalue weighted by molar-refractivity contribution is -0.137. The Morgan fingerprint density at radius 2 is 1.73 bits per heavy atom. The second-order valence-electron chi connectivity index (χ2n) is 6.73. The fourth-order valence-corrected chi connectivity index (χ4v) is 4.16. The molecule has 1 aromatic heterocycles. The Morgan fingerprint density at radius 3 is 2.47 bits per heavy atom. The van der Waals surface area contributed by atoms with Gasteiger partial charge in [0, 0.05) is 27.8 Å². The summed E-state index contributed by atoms with van der Waals surface area (Å²) in [4.78, 5) is 5.55. The fourth-order valence-electron chi connectivity index (χ4n) is 3.26. The summed E-state index contributed by atoms with van der Waals surface area (Å²) in [6, 6.07) is 21.7. The molecule has 0 radical (unpaired) electrons. The van der Waals surface area contributed by atoms with Gasteiger partial charge in [-0.1, -0.05) is 36.4 Å². The van der Waals surface area contributed by atoms with Gasteiger partial charge in [0.2, 0.25) is 0 Å². The van der Waals surface area contributed by atoms with Crippen molar-refractivity contribution < 1.29 is 17.9 Å². The van der Waals surface area contributed by atoms with Crippen molar-refractivity contribution in [2.45, 2.75) is 16.8 Å². The van der Waals surface area contributed by atoms with Crippen LogP contribution in [-0.4, -0.2) is 12.1 Å². The molecule has 0 atom stereocenters. The third kappa shape index (κ3) is 4.28. The summed E-state index contributed by atoms with van der Waals surface area (Å²) in [6.45, 7) is 0. The molecule has 0 saturated carbocycles. The molecule has 0 N–H and O–H groups in total. The Kier molecular flexibility index (Phi) is 5.68. The number of methoxy groups -OCH3 is 1. The number of pyridine rings is 1. The van der Waals surface area contributed by atoms with Crippen LogP contribution in [0, 0.1) is 0 Å². The Hall–Kier alpha value is -2.99. The topological polar surface area (TPSA) is 22.1 Å². The van der Waals surface area contributed by atoms with E-state index in [1.807, 2.05) is 36.4 Å². The second kappa shape index (κ2) is 8.40. The van der Waals surface area contributed by atoms with E-state index in [2.05, 4.69) is 23.2 Å². The highest BCUT2D eigenvalue weighted by molar-refractivity contribution is 7.98. The maximum atomic E-state index is 13.1. The summed E-state index contributed by atoms with van der Waals surface area (Å²) in [5.74, 6) is 1.00. The zero-order valence-corrected chi connectivity index (χ0v) is 16.9.